The Balaban J connectivity index is 1.90. The number of hydrogen-bond donors (Lipinski definition) is 1. The molecule has 0 spiro atoms. The van der Waals surface area contributed by atoms with Gasteiger partial charge in [-0.1, -0.05) is 0 Å². The number of carbonyl (C=O) groups excluding carboxylic acids is 1. The molecule has 2 rings (SSSR count). The third kappa shape index (κ3) is 3.54. The Bertz CT molecular complexity index is 576. The number of thiazole rings is 1. The zero-order chi connectivity index (χ0) is 13.8. The lowest BCUT2D eigenvalue weighted by Crippen LogP contribution is -2.01. The maximum Gasteiger partial charge on any atom is 0.171 e. The molecule has 19 heavy (non-hydrogen) atoms. The van der Waals surface area contributed by atoms with Gasteiger partial charge in [-0.25, -0.2) is 4.98 Å². The molecular formula is C14H16N2O2S. The van der Waals surface area contributed by atoms with E-state index in [4.69, 9.17) is 10.5 Å². The van der Waals surface area contributed by atoms with Gasteiger partial charge in [-0.15, -0.1) is 11.3 Å². The van der Waals surface area contributed by atoms with Crippen LogP contribution < -0.4 is 10.5 Å². The number of nitrogens with zero attached hydrogens (tertiary/aromatic N) is 1. The van der Waals surface area contributed by atoms with Crippen molar-refractivity contribution in [1.29, 1.82) is 0 Å². The fraction of sp³-hybridized carbons (Fsp3) is 0.286. The number of carbonyl (C=O) groups is 1. The standard InChI is InChI=1S/C14H16N2O2S/c1-9-14(10(2)17)19-13(16-9)7-8-18-12-5-3-11(15)4-6-12/h3-6H,7-8,15H2,1-2H3. The number of aryl methyl sites for hydroxylation is 1. The number of ketones is 1. The van der Waals surface area contributed by atoms with E-state index in [2.05, 4.69) is 4.98 Å². The molecule has 0 saturated carbocycles. The molecule has 2 aromatic rings. The Kier molecular flexibility index (Phi) is 4.16. The fourth-order valence-electron chi connectivity index (χ4n) is 1.71. The molecule has 0 aliphatic carbocycles. The molecule has 100 valence electrons. The van der Waals surface area contributed by atoms with Crippen molar-refractivity contribution in [3.8, 4) is 5.75 Å². The first-order valence-corrected chi connectivity index (χ1v) is 6.83. The largest absolute Gasteiger partial charge is 0.493 e. The van der Waals surface area contributed by atoms with Gasteiger partial charge in [0.25, 0.3) is 0 Å². The van der Waals surface area contributed by atoms with Crippen molar-refractivity contribution < 1.29 is 9.53 Å². The maximum atomic E-state index is 11.3. The summed E-state index contributed by atoms with van der Waals surface area (Å²) in [4.78, 5) is 16.4. The van der Waals surface area contributed by atoms with Crippen molar-refractivity contribution in [2.75, 3.05) is 12.3 Å². The van der Waals surface area contributed by atoms with Crippen LogP contribution in [0, 0.1) is 6.92 Å². The molecule has 0 fully saturated rings. The number of aromatic nitrogens is 1. The summed E-state index contributed by atoms with van der Waals surface area (Å²) >= 11 is 1.44. The van der Waals surface area contributed by atoms with Gasteiger partial charge in [-0.3, -0.25) is 4.79 Å². The van der Waals surface area contributed by atoms with Crippen LogP contribution in [0.25, 0.3) is 0 Å². The number of Topliss-reactive ketones (excluding diaryl/α,β-unsaturated/α-hetero) is 1. The van der Waals surface area contributed by atoms with Crippen molar-refractivity contribution in [2.24, 2.45) is 0 Å². The first-order valence-electron chi connectivity index (χ1n) is 6.02. The lowest BCUT2D eigenvalue weighted by Gasteiger charge is -2.04. The molecular weight excluding hydrogens is 260 g/mol. The average molecular weight is 276 g/mol. The minimum Gasteiger partial charge on any atom is -0.493 e. The van der Waals surface area contributed by atoms with Crippen molar-refractivity contribution in [1.82, 2.24) is 4.98 Å². The molecule has 1 aromatic heterocycles. The monoisotopic (exact) mass is 276 g/mol. The molecule has 0 aliphatic rings. The van der Waals surface area contributed by atoms with Crippen molar-refractivity contribution in [3.05, 3.63) is 39.8 Å². The highest BCUT2D eigenvalue weighted by Crippen LogP contribution is 2.19. The predicted molar refractivity (Wildman–Crippen MR) is 76.9 cm³/mol. The molecule has 5 heteroatoms. The topological polar surface area (TPSA) is 65.2 Å². The van der Waals surface area contributed by atoms with Crippen LogP contribution in [0.5, 0.6) is 5.75 Å². The molecule has 0 radical (unpaired) electrons. The van der Waals surface area contributed by atoms with Gasteiger partial charge in [0.05, 0.1) is 22.2 Å². The van der Waals surface area contributed by atoms with Crippen LogP contribution in [0.15, 0.2) is 24.3 Å². The Morgan fingerprint density at radius 3 is 2.63 bits per heavy atom. The lowest BCUT2D eigenvalue weighted by molar-refractivity contribution is 0.102. The third-order valence-corrected chi connectivity index (χ3v) is 3.94. The quantitative estimate of drug-likeness (QED) is 0.673. The zero-order valence-electron chi connectivity index (χ0n) is 11.0. The van der Waals surface area contributed by atoms with E-state index in [0.717, 1.165) is 21.3 Å². The highest BCUT2D eigenvalue weighted by molar-refractivity contribution is 7.13. The molecule has 1 aromatic carbocycles. The number of nitrogens with two attached hydrogens (primary N) is 1. The smallest absolute Gasteiger partial charge is 0.171 e. The fourth-order valence-corrected chi connectivity index (χ4v) is 2.65. The van der Waals surface area contributed by atoms with Gasteiger partial charge in [0.15, 0.2) is 5.78 Å². The third-order valence-electron chi connectivity index (χ3n) is 2.63. The van der Waals surface area contributed by atoms with Crippen LogP contribution >= 0.6 is 11.3 Å². The number of anilines is 1. The SMILES string of the molecule is CC(=O)c1sc(CCOc2ccc(N)cc2)nc1C. The van der Waals surface area contributed by atoms with E-state index >= 15 is 0 Å². The Hall–Kier alpha value is -1.88. The summed E-state index contributed by atoms with van der Waals surface area (Å²) in [7, 11) is 0. The second-order valence-electron chi connectivity index (χ2n) is 4.25. The van der Waals surface area contributed by atoms with Crippen LogP contribution in [0.2, 0.25) is 0 Å². The summed E-state index contributed by atoms with van der Waals surface area (Å²) in [6.07, 6.45) is 0.698. The van der Waals surface area contributed by atoms with E-state index < -0.39 is 0 Å². The molecule has 0 aliphatic heterocycles. The maximum absolute atomic E-state index is 11.3. The number of nitrogen functional groups attached to an aromatic ring is 1. The Morgan fingerprint density at radius 2 is 2.05 bits per heavy atom. The molecule has 0 amide bonds. The van der Waals surface area contributed by atoms with E-state index in [1.54, 1.807) is 19.1 Å². The molecule has 0 unspecified atom stereocenters. The molecule has 0 saturated heterocycles. The van der Waals surface area contributed by atoms with E-state index in [0.29, 0.717) is 18.7 Å². The van der Waals surface area contributed by atoms with Crippen LogP contribution in [0.1, 0.15) is 27.3 Å². The molecule has 0 atom stereocenters. The van der Waals surface area contributed by atoms with Gasteiger partial charge in [0, 0.05) is 19.0 Å². The highest BCUT2D eigenvalue weighted by Gasteiger charge is 2.11. The zero-order valence-corrected chi connectivity index (χ0v) is 11.8. The van der Waals surface area contributed by atoms with Crippen molar-refractivity contribution in [2.45, 2.75) is 20.3 Å². The minimum atomic E-state index is 0.0701. The summed E-state index contributed by atoms with van der Waals surface area (Å²) in [5.41, 5.74) is 7.12. The lowest BCUT2D eigenvalue weighted by atomic mass is 10.3. The van der Waals surface area contributed by atoms with E-state index in [-0.39, 0.29) is 5.78 Å². The van der Waals surface area contributed by atoms with E-state index in [1.807, 2.05) is 19.1 Å². The number of ether oxygens (including phenoxy) is 1. The Labute approximate surface area is 116 Å². The van der Waals surface area contributed by atoms with E-state index in [1.165, 1.54) is 11.3 Å². The summed E-state index contributed by atoms with van der Waals surface area (Å²) in [5, 5.41) is 0.929. The summed E-state index contributed by atoms with van der Waals surface area (Å²) in [6.45, 7) is 3.96. The van der Waals surface area contributed by atoms with Gasteiger partial charge in [-0.05, 0) is 31.2 Å². The van der Waals surface area contributed by atoms with Crippen LogP contribution in [-0.4, -0.2) is 17.4 Å². The van der Waals surface area contributed by atoms with Crippen LogP contribution in [0.3, 0.4) is 0 Å². The van der Waals surface area contributed by atoms with E-state index in [9.17, 15) is 4.79 Å². The molecule has 4 nitrogen and oxygen atoms in total. The van der Waals surface area contributed by atoms with Crippen LogP contribution in [0.4, 0.5) is 5.69 Å². The normalized spacial score (nSPS) is 10.4. The van der Waals surface area contributed by atoms with Gasteiger partial charge < -0.3 is 10.5 Å². The van der Waals surface area contributed by atoms with Crippen LogP contribution in [-0.2, 0) is 6.42 Å². The summed E-state index contributed by atoms with van der Waals surface area (Å²) < 4.78 is 5.60. The average Bonchev–Trinajstić information content (AvgIpc) is 2.73. The Morgan fingerprint density at radius 1 is 1.37 bits per heavy atom. The first kappa shape index (κ1) is 13.5. The second kappa shape index (κ2) is 5.84. The summed E-state index contributed by atoms with van der Waals surface area (Å²) in [5.74, 6) is 0.856. The van der Waals surface area contributed by atoms with Gasteiger partial charge in [0.2, 0.25) is 0 Å². The second-order valence-corrected chi connectivity index (χ2v) is 5.33. The van der Waals surface area contributed by atoms with Gasteiger partial charge in [-0.2, -0.15) is 0 Å². The first-order chi connectivity index (χ1) is 9.06. The van der Waals surface area contributed by atoms with Crippen molar-refractivity contribution >= 4 is 22.8 Å². The summed E-state index contributed by atoms with van der Waals surface area (Å²) in [6, 6.07) is 7.28. The van der Waals surface area contributed by atoms with Gasteiger partial charge >= 0.3 is 0 Å². The molecule has 0 bridgehead atoms. The predicted octanol–water partition coefficient (Wildman–Crippen LogP) is 2.86. The minimum absolute atomic E-state index is 0.0701. The van der Waals surface area contributed by atoms with Gasteiger partial charge in [0.1, 0.15) is 5.75 Å². The molecule has 2 N–H and O–H groups in total. The highest BCUT2D eigenvalue weighted by atomic mass is 32.1. The number of hydrogen-bond acceptors (Lipinski definition) is 5. The molecule has 1 heterocycles. The van der Waals surface area contributed by atoms with Crippen molar-refractivity contribution in [3.63, 3.8) is 0 Å². The number of benzene rings is 1. The number of rotatable bonds is 5.